The number of sulfone groups is 3. The van der Waals surface area contributed by atoms with E-state index < -0.39 is 67.6 Å². The maximum Gasteiger partial charge on any atom is 0.470 e. The summed E-state index contributed by atoms with van der Waals surface area (Å²) in [7, 11) is -17.4. The highest BCUT2D eigenvalue weighted by atomic mass is 32.3. The van der Waals surface area contributed by atoms with Gasteiger partial charge in [-0.3, -0.25) is 25.3 Å². The standard InChI is InChI=1S/C13H17F4O6S3/c1-24(18,19)10(26(22,23)13(15,16)17)25(20,21)12-5-8-2-9(6-12)4-11(14,3-8)7-12/h8-9H,2-7H2,1H3/q-1. The van der Waals surface area contributed by atoms with E-state index in [-0.39, 0.29) is 31.9 Å². The van der Waals surface area contributed by atoms with E-state index in [2.05, 4.69) is 0 Å². The summed E-state index contributed by atoms with van der Waals surface area (Å²) >= 11 is 0. The first-order chi connectivity index (χ1) is 11.4. The Labute approximate surface area is 149 Å². The third kappa shape index (κ3) is 2.79. The van der Waals surface area contributed by atoms with Crippen LogP contribution in [0, 0.1) is 15.7 Å². The van der Waals surface area contributed by atoms with Gasteiger partial charge in [0.2, 0.25) is 0 Å². The Hall–Kier alpha value is -0.430. The van der Waals surface area contributed by atoms with Crippen molar-refractivity contribution in [3.8, 4) is 0 Å². The predicted octanol–water partition coefficient (Wildman–Crippen LogP) is 1.89. The monoisotopic (exact) mass is 441 g/mol. The van der Waals surface area contributed by atoms with Crippen LogP contribution in [-0.2, 0) is 29.5 Å². The Bertz CT molecular complexity index is 921. The molecule has 2 unspecified atom stereocenters. The van der Waals surface area contributed by atoms with E-state index in [1.807, 2.05) is 0 Å². The molecule has 152 valence electrons. The SMILES string of the molecule is CS(=O)(=O)[C-](S(=O)(=O)C(F)(F)F)S(=O)(=O)C12CC3CC(CC(F)(C3)C1)C2. The van der Waals surface area contributed by atoms with Crippen LogP contribution >= 0.6 is 0 Å². The second-order valence-corrected chi connectivity index (χ2v) is 14.7. The van der Waals surface area contributed by atoms with Crippen LogP contribution in [0.5, 0.6) is 0 Å². The van der Waals surface area contributed by atoms with Gasteiger partial charge >= 0.3 is 5.51 Å². The Kier molecular flexibility index (Phi) is 4.17. The van der Waals surface area contributed by atoms with Crippen LogP contribution < -0.4 is 0 Å². The van der Waals surface area contributed by atoms with E-state index in [1.165, 1.54) is 0 Å². The molecule has 0 aliphatic heterocycles. The van der Waals surface area contributed by atoms with Crippen molar-refractivity contribution in [2.45, 2.75) is 54.4 Å². The minimum atomic E-state index is -6.65. The third-order valence-electron chi connectivity index (χ3n) is 5.55. The summed E-state index contributed by atoms with van der Waals surface area (Å²) in [5.74, 6) is -0.851. The second-order valence-electron chi connectivity index (χ2n) is 7.77. The molecule has 0 spiro atoms. The minimum absolute atomic E-state index is 0.0565. The van der Waals surface area contributed by atoms with Gasteiger partial charge in [0.25, 0.3) is 0 Å². The van der Waals surface area contributed by atoms with E-state index in [0.717, 1.165) is 0 Å². The molecule has 0 aromatic heterocycles. The average Bonchev–Trinajstić information content (AvgIpc) is 2.30. The highest BCUT2D eigenvalue weighted by molar-refractivity contribution is 8.29. The molecule has 0 aromatic rings. The summed E-state index contributed by atoms with van der Waals surface area (Å²) in [5.41, 5.74) is -8.03. The van der Waals surface area contributed by atoms with Crippen molar-refractivity contribution in [3.05, 3.63) is 3.91 Å². The van der Waals surface area contributed by atoms with Gasteiger partial charge in [-0.1, -0.05) is 0 Å². The fraction of sp³-hybridized carbons (Fsp3) is 0.923. The quantitative estimate of drug-likeness (QED) is 0.488. The van der Waals surface area contributed by atoms with Crippen LogP contribution in [0.2, 0.25) is 0 Å². The topological polar surface area (TPSA) is 102 Å². The third-order valence-corrected chi connectivity index (χ3v) is 13.7. The molecule has 4 bridgehead atoms. The van der Waals surface area contributed by atoms with Crippen molar-refractivity contribution in [2.75, 3.05) is 6.26 Å². The van der Waals surface area contributed by atoms with E-state index in [1.54, 1.807) is 0 Å². The first-order valence-electron chi connectivity index (χ1n) is 7.76. The molecule has 4 aliphatic carbocycles. The van der Waals surface area contributed by atoms with Crippen molar-refractivity contribution < 1.29 is 42.8 Å². The number of hydrogen-bond donors (Lipinski definition) is 0. The summed E-state index contributed by atoms with van der Waals surface area (Å²) in [6.45, 7) is 0. The summed E-state index contributed by atoms with van der Waals surface area (Å²) in [6.07, 6.45) is -0.421. The summed E-state index contributed by atoms with van der Waals surface area (Å²) in [4.78, 5) is 0. The van der Waals surface area contributed by atoms with Gasteiger partial charge in [0.05, 0.1) is 23.6 Å². The molecule has 13 heteroatoms. The van der Waals surface area contributed by atoms with Crippen LogP contribution in [0.4, 0.5) is 17.6 Å². The Morgan fingerprint density at radius 2 is 1.38 bits per heavy atom. The van der Waals surface area contributed by atoms with Crippen LogP contribution in [0.3, 0.4) is 0 Å². The molecule has 2 atom stereocenters. The normalized spacial score (nSPS) is 38.1. The number of halogens is 4. The first-order valence-corrected chi connectivity index (χ1v) is 12.6. The molecule has 6 nitrogen and oxygen atoms in total. The van der Waals surface area contributed by atoms with Gasteiger partial charge in [0, 0.05) is 11.0 Å². The average molecular weight is 441 g/mol. The smallest absolute Gasteiger partial charge is 0.260 e. The van der Waals surface area contributed by atoms with Crippen LogP contribution in [0.15, 0.2) is 0 Å². The fourth-order valence-corrected chi connectivity index (χ4v) is 13.1. The molecule has 26 heavy (non-hydrogen) atoms. The van der Waals surface area contributed by atoms with Gasteiger partial charge in [-0.05, 0) is 50.4 Å². The molecule has 0 aromatic carbocycles. The van der Waals surface area contributed by atoms with Crippen molar-refractivity contribution >= 4 is 29.5 Å². The van der Waals surface area contributed by atoms with Crippen LogP contribution in [0.1, 0.15) is 38.5 Å². The zero-order valence-corrected chi connectivity index (χ0v) is 16.0. The van der Waals surface area contributed by atoms with Gasteiger partial charge in [0.1, 0.15) is 5.67 Å². The molecule has 0 amide bonds. The molecule has 0 radical (unpaired) electrons. The predicted molar refractivity (Wildman–Crippen MR) is 83.2 cm³/mol. The highest BCUT2D eigenvalue weighted by Crippen LogP contribution is 2.63. The van der Waals surface area contributed by atoms with Gasteiger partial charge in [-0.2, -0.15) is 13.2 Å². The van der Waals surface area contributed by atoms with Crippen LogP contribution in [-0.4, -0.2) is 47.4 Å². The Morgan fingerprint density at radius 3 is 1.73 bits per heavy atom. The molecular formula is C13H17F4O6S3-. The molecule has 4 rings (SSSR count). The lowest BCUT2D eigenvalue weighted by Gasteiger charge is -2.60. The summed E-state index contributed by atoms with van der Waals surface area (Å²) in [6, 6.07) is 0. The number of hydrogen-bond acceptors (Lipinski definition) is 6. The van der Waals surface area contributed by atoms with Gasteiger partial charge in [-0.15, -0.1) is 0 Å². The van der Waals surface area contributed by atoms with Gasteiger partial charge in [-0.25, -0.2) is 4.39 Å². The van der Waals surface area contributed by atoms with Crippen molar-refractivity contribution in [3.63, 3.8) is 0 Å². The van der Waals surface area contributed by atoms with E-state index >= 15 is 0 Å². The van der Waals surface area contributed by atoms with Gasteiger partial charge in [0.15, 0.2) is 9.84 Å². The summed E-state index contributed by atoms with van der Waals surface area (Å²) < 4.78 is 123. The Balaban J connectivity index is 2.20. The lowest BCUT2D eigenvalue weighted by molar-refractivity contribution is -0.0620. The van der Waals surface area contributed by atoms with Crippen LogP contribution in [0.25, 0.3) is 0 Å². The maximum absolute atomic E-state index is 15.0. The molecule has 0 heterocycles. The second kappa shape index (κ2) is 5.34. The van der Waals surface area contributed by atoms with E-state index in [4.69, 9.17) is 0 Å². The fourth-order valence-electron chi connectivity index (χ4n) is 5.20. The molecule has 4 fully saturated rings. The van der Waals surface area contributed by atoms with E-state index in [0.29, 0.717) is 6.42 Å². The highest BCUT2D eigenvalue weighted by Gasteiger charge is 2.65. The molecular weight excluding hydrogens is 424 g/mol. The van der Waals surface area contributed by atoms with Crippen molar-refractivity contribution in [1.82, 2.24) is 0 Å². The minimum Gasteiger partial charge on any atom is -0.260 e. The lowest BCUT2D eigenvalue weighted by atomic mass is 9.54. The molecule has 4 saturated carbocycles. The van der Waals surface area contributed by atoms with Crippen molar-refractivity contribution in [1.29, 1.82) is 0 Å². The zero-order chi connectivity index (χ0) is 20.0. The maximum atomic E-state index is 15.0. The molecule has 0 saturated heterocycles. The Morgan fingerprint density at radius 1 is 0.923 bits per heavy atom. The lowest BCUT2D eigenvalue weighted by Crippen LogP contribution is -2.62. The largest absolute Gasteiger partial charge is 0.470 e. The first kappa shape index (κ1) is 20.3. The molecule has 0 N–H and O–H groups in total. The van der Waals surface area contributed by atoms with Gasteiger partial charge < -0.3 is 0 Å². The number of alkyl halides is 4. The zero-order valence-electron chi connectivity index (χ0n) is 13.6. The van der Waals surface area contributed by atoms with E-state index in [9.17, 15) is 42.8 Å². The summed E-state index contributed by atoms with van der Waals surface area (Å²) in [5, 5.41) is 0. The molecule has 4 aliphatic rings. The number of rotatable bonds is 4. The van der Waals surface area contributed by atoms with Crippen molar-refractivity contribution in [2.24, 2.45) is 11.8 Å².